The Morgan fingerprint density at radius 1 is 1.12 bits per heavy atom. The van der Waals surface area contributed by atoms with E-state index in [-0.39, 0.29) is 25.2 Å². The number of nitrogens with zero attached hydrogens (tertiary/aromatic N) is 5. The largest absolute Gasteiger partial charge is 0.442 e. The van der Waals surface area contributed by atoms with E-state index >= 15 is 0 Å². The predicted molar refractivity (Wildman–Crippen MR) is 115 cm³/mol. The zero-order valence-corrected chi connectivity index (χ0v) is 17.5. The van der Waals surface area contributed by atoms with E-state index in [1.165, 1.54) is 23.1 Å². The number of nitrogens with one attached hydrogen (secondary N) is 2. The van der Waals surface area contributed by atoms with Gasteiger partial charge in [-0.05, 0) is 54.6 Å². The molecule has 1 aliphatic heterocycles. The van der Waals surface area contributed by atoms with Gasteiger partial charge in [-0.1, -0.05) is 18.2 Å². The summed E-state index contributed by atoms with van der Waals surface area (Å²) < 4.78 is 20.1. The Hall–Kier alpha value is -4.02. The van der Waals surface area contributed by atoms with Crippen molar-refractivity contribution in [3.05, 3.63) is 54.3 Å². The first-order valence-corrected chi connectivity index (χ1v) is 10.1. The summed E-state index contributed by atoms with van der Waals surface area (Å²) in [6.45, 7) is 4.42. The number of aromatic nitrogens is 4. The molecule has 4 rings (SSSR count). The molecule has 2 heterocycles. The highest BCUT2D eigenvalue weighted by Crippen LogP contribution is 2.28. The quantitative estimate of drug-likeness (QED) is 0.629. The van der Waals surface area contributed by atoms with Crippen LogP contribution in [0.25, 0.3) is 11.4 Å². The monoisotopic (exact) mass is 439 g/mol. The number of benzene rings is 2. The van der Waals surface area contributed by atoms with Crippen LogP contribution < -0.4 is 10.6 Å². The van der Waals surface area contributed by atoms with Crippen molar-refractivity contribution in [2.75, 3.05) is 23.7 Å². The fourth-order valence-electron chi connectivity index (χ4n) is 3.24. The van der Waals surface area contributed by atoms with Crippen LogP contribution in [-0.2, 0) is 4.74 Å². The lowest BCUT2D eigenvalue weighted by Crippen LogP contribution is -2.56. The van der Waals surface area contributed by atoms with E-state index in [1.807, 2.05) is 26.0 Å². The van der Waals surface area contributed by atoms with E-state index in [9.17, 15) is 14.0 Å². The van der Waals surface area contributed by atoms with Gasteiger partial charge in [0.1, 0.15) is 11.9 Å². The number of likely N-dealkylation sites (tertiary alicyclic amines) is 1. The van der Waals surface area contributed by atoms with Gasteiger partial charge in [0.25, 0.3) is 0 Å². The molecule has 3 amide bonds. The van der Waals surface area contributed by atoms with Gasteiger partial charge in [-0.15, -0.1) is 5.10 Å². The Morgan fingerprint density at radius 2 is 1.91 bits per heavy atom. The third-order valence-electron chi connectivity index (χ3n) is 4.87. The van der Waals surface area contributed by atoms with Gasteiger partial charge in [0, 0.05) is 11.3 Å². The molecule has 166 valence electrons. The number of amides is 3. The second-order valence-electron chi connectivity index (χ2n) is 7.58. The first kappa shape index (κ1) is 21.2. The molecule has 10 nitrogen and oxygen atoms in total. The molecule has 1 fully saturated rings. The molecule has 0 aliphatic carbocycles. The van der Waals surface area contributed by atoms with Crippen LogP contribution in [0.15, 0.2) is 48.5 Å². The summed E-state index contributed by atoms with van der Waals surface area (Å²) in [5.74, 6) is 0.0896. The molecule has 0 atom stereocenters. The zero-order valence-electron chi connectivity index (χ0n) is 17.5. The van der Waals surface area contributed by atoms with Crippen LogP contribution in [-0.4, -0.2) is 56.4 Å². The van der Waals surface area contributed by atoms with E-state index in [2.05, 4.69) is 26.2 Å². The minimum atomic E-state index is -0.702. The highest BCUT2D eigenvalue weighted by atomic mass is 19.1. The van der Waals surface area contributed by atoms with Crippen molar-refractivity contribution in [2.45, 2.75) is 26.0 Å². The number of halogens is 1. The predicted octanol–water partition coefficient (Wildman–Crippen LogP) is 3.52. The van der Waals surface area contributed by atoms with Gasteiger partial charge >= 0.3 is 12.1 Å². The molecule has 2 N–H and O–H groups in total. The van der Waals surface area contributed by atoms with Crippen LogP contribution in [0.4, 0.5) is 25.4 Å². The summed E-state index contributed by atoms with van der Waals surface area (Å²) in [6.07, 6.45) is -1.15. The first-order chi connectivity index (χ1) is 15.4. The minimum absolute atomic E-state index is 0.0515. The SMILES string of the molecule is CC(C)n1nnnc1-c1ccccc1NC(=O)N1CC(OC(=O)Nc2cccc(F)c2)C1. The maximum absolute atomic E-state index is 13.2. The van der Waals surface area contributed by atoms with Crippen LogP contribution in [0, 0.1) is 5.82 Å². The maximum Gasteiger partial charge on any atom is 0.412 e. The van der Waals surface area contributed by atoms with Crippen LogP contribution in [0.1, 0.15) is 19.9 Å². The fourth-order valence-corrected chi connectivity index (χ4v) is 3.24. The smallest absolute Gasteiger partial charge is 0.412 e. The molecular weight excluding hydrogens is 417 g/mol. The number of carbonyl (C=O) groups excluding carboxylic acids is 2. The number of ether oxygens (including phenoxy) is 1. The Labute approximate surface area is 183 Å². The molecule has 1 saturated heterocycles. The number of tetrazole rings is 1. The van der Waals surface area contributed by atoms with E-state index in [0.717, 1.165) is 0 Å². The molecule has 0 saturated carbocycles. The summed E-state index contributed by atoms with van der Waals surface area (Å²) in [4.78, 5) is 26.1. The second kappa shape index (κ2) is 9.00. The average Bonchev–Trinajstić information content (AvgIpc) is 3.21. The summed E-state index contributed by atoms with van der Waals surface area (Å²) in [5.41, 5.74) is 1.56. The topological polar surface area (TPSA) is 114 Å². The molecule has 1 aliphatic rings. The summed E-state index contributed by atoms with van der Waals surface area (Å²) in [7, 11) is 0. The Balaban J connectivity index is 1.33. The lowest BCUT2D eigenvalue weighted by atomic mass is 10.1. The number of hydrogen-bond acceptors (Lipinski definition) is 6. The molecule has 11 heteroatoms. The lowest BCUT2D eigenvalue weighted by molar-refractivity contribution is 0.0166. The molecule has 1 aromatic heterocycles. The highest BCUT2D eigenvalue weighted by molar-refractivity contribution is 5.94. The standard InChI is InChI=1S/C21H22FN7O3/c1-13(2)29-19(25-26-27-29)17-8-3-4-9-18(17)24-20(30)28-11-16(12-28)32-21(31)23-15-7-5-6-14(22)10-15/h3-10,13,16H,11-12H2,1-2H3,(H,23,31)(H,24,30). The van der Waals surface area contributed by atoms with Crippen molar-refractivity contribution in [1.82, 2.24) is 25.1 Å². The third-order valence-corrected chi connectivity index (χ3v) is 4.87. The highest BCUT2D eigenvalue weighted by Gasteiger charge is 2.34. The first-order valence-electron chi connectivity index (χ1n) is 10.1. The van der Waals surface area contributed by atoms with E-state index in [1.54, 1.807) is 22.9 Å². The Morgan fingerprint density at radius 3 is 2.66 bits per heavy atom. The summed E-state index contributed by atoms with van der Waals surface area (Å²) in [5, 5.41) is 17.2. The van der Waals surface area contributed by atoms with Crippen molar-refractivity contribution in [3.8, 4) is 11.4 Å². The Bertz CT molecular complexity index is 1130. The van der Waals surface area contributed by atoms with E-state index in [4.69, 9.17) is 4.74 Å². The van der Waals surface area contributed by atoms with Gasteiger partial charge in [0.15, 0.2) is 5.82 Å². The van der Waals surface area contributed by atoms with Gasteiger partial charge in [-0.2, -0.15) is 0 Å². The van der Waals surface area contributed by atoms with E-state index in [0.29, 0.717) is 22.8 Å². The molecule has 2 aromatic carbocycles. The number of rotatable bonds is 5. The molecule has 0 unspecified atom stereocenters. The number of para-hydroxylation sites is 1. The maximum atomic E-state index is 13.2. The van der Waals surface area contributed by atoms with Gasteiger partial charge in [0.2, 0.25) is 0 Å². The second-order valence-corrected chi connectivity index (χ2v) is 7.58. The normalized spacial score (nSPS) is 13.6. The summed E-state index contributed by atoms with van der Waals surface area (Å²) in [6, 6.07) is 12.5. The van der Waals surface area contributed by atoms with Crippen molar-refractivity contribution < 1.29 is 18.7 Å². The molecule has 32 heavy (non-hydrogen) atoms. The van der Waals surface area contributed by atoms with Gasteiger partial charge in [0.05, 0.1) is 24.8 Å². The van der Waals surface area contributed by atoms with Crippen LogP contribution in [0.3, 0.4) is 0 Å². The van der Waals surface area contributed by atoms with Gasteiger partial charge < -0.3 is 15.0 Å². The molecule has 3 aromatic rings. The molecular formula is C21H22FN7O3. The van der Waals surface area contributed by atoms with Crippen LogP contribution in [0.2, 0.25) is 0 Å². The third kappa shape index (κ3) is 4.66. The van der Waals surface area contributed by atoms with Crippen molar-refractivity contribution in [2.24, 2.45) is 0 Å². The average molecular weight is 439 g/mol. The number of carbonyl (C=O) groups is 2. The summed E-state index contributed by atoms with van der Waals surface area (Å²) >= 11 is 0. The zero-order chi connectivity index (χ0) is 22.7. The van der Waals surface area contributed by atoms with Crippen LogP contribution >= 0.6 is 0 Å². The fraction of sp³-hybridized carbons (Fsp3) is 0.286. The lowest BCUT2D eigenvalue weighted by Gasteiger charge is -2.38. The molecule has 0 bridgehead atoms. The molecule has 0 radical (unpaired) electrons. The van der Waals surface area contributed by atoms with Gasteiger partial charge in [-0.25, -0.2) is 18.7 Å². The molecule has 0 spiro atoms. The van der Waals surface area contributed by atoms with Gasteiger partial charge in [-0.3, -0.25) is 5.32 Å². The number of urea groups is 1. The minimum Gasteiger partial charge on any atom is -0.442 e. The van der Waals surface area contributed by atoms with E-state index < -0.39 is 18.0 Å². The van der Waals surface area contributed by atoms with Crippen LogP contribution in [0.5, 0.6) is 0 Å². The van der Waals surface area contributed by atoms with Crippen molar-refractivity contribution >= 4 is 23.5 Å². The van der Waals surface area contributed by atoms with Crippen molar-refractivity contribution in [1.29, 1.82) is 0 Å². The number of hydrogen-bond donors (Lipinski definition) is 2. The van der Waals surface area contributed by atoms with Crippen molar-refractivity contribution in [3.63, 3.8) is 0 Å². The number of anilines is 2. The Kier molecular flexibility index (Phi) is 5.97.